The van der Waals surface area contributed by atoms with Gasteiger partial charge in [0.05, 0.1) is 4.90 Å². The number of sulfonamides is 1. The SMILES string of the molecule is CC(C)(C)c1cc(N)cc(S(=O)(=O)NCc2ccccc2Cl)c1. The molecule has 0 spiro atoms. The van der Waals surface area contributed by atoms with E-state index >= 15 is 0 Å². The van der Waals surface area contributed by atoms with Gasteiger partial charge >= 0.3 is 0 Å². The first-order chi connectivity index (χ1) is 10.6. The zero-order chi connectivity index (χ0) is 17.3. The minimum absolute atomic E-state index is 0.127. The molecule has 0 aliphatic heterocycles. The van der Waals surface area contributed by atoms with Crippen molar-refractivity contribution in [3.63, 3.8) is 0 Å². The van der Waals surface area contributed by atoms with Crippen molar-refractivity contribution in [1.82, 2.24) is 4.72 Å². The van der Waals surface area contributed by atoms with Crippen LogP contribution in [0.2, 0.25) is 5.02 Å². The molecular weight excluding hydrogens is 332 g/mol. The van der Waals surface area contributed by atoms with E-state index in [0.29, 0.717) is 10.7 Å². The van der Waals surface area contributed by atoms with Gasteiger partial charge in [0.25, 0.3) is 0 Å². The predicted octanol–water partition coefficient (Wildman–Crippen LogP) is 3.70. The second kappa shape index (κ2) is 6.51. The highest BCUT2D eigenvalue weighted by Gasteiger charge is 2.20. The Bertz CT molecular complexity index is 812. The summed E-state index contributed by atoms with van der Waals surface area (Å²) in [7, 11) is -3.67. The van der Waals surface area contributed by atoms with Crippen molar-refractivity contribution in [3.8, 4) is 0 Å². The lowest BCUT2D eigenvalue weighted by Gasteiger charge is -2.20. The van der Waals surface area contributed by atoms with Gasteiger partial charge in [0.2, 0.25) is 10.0 Å². The summed E-state index contributed by atoms with van der Waals surface area (Å²) in [5, 5.41) is 0.526. The van der Waals surface area contributed by atoms with E-state index < -0.39 is 10.0 Å². The molecule has 0 aromatic heterocycles. The monoisotopic (exact) mass is 352 g/mol. The first kappa shape index (κ1) is 17.8. The predicted molar refractivity (Wildman–Crippen MR) is 95.0 cm³/mol. The number of nitrogens with one attached hydrogen (secondary N) is 1. The maximum atomic E-state index is 12.5. The van der Waals surface area contributed by atoms with Gasteiger partial charge in [-0.05, 0) is 40.8 Å². The van der Waals surface area contributed by atoms with Crippen molar-refractivity contribution >= 4 is 27.3 Å². The molecule has 3 N–H and O–H groups in total. The highest BCUT2D eigenvalue weighted by Crippen LogP contribution is 2.27. The summed E-state index contributed by atoms with van der Waals surface area (Å²) in [5.41, 5.74) is 7.70. The molecule has 6 heteroatoms. The molecule has 0 aliphatic carbocycles. The highest BCUT2D eigenvalue weighted by atomic mass is 35.5. The lowest BCUT2D eigenvalue weighted by molar-refractivity contribution is 0.576. The van der Waals surface area contributed by atoms with E-state index in [1.54, 1.807) is 30.3 Å². The molecule has 0 unspecified atom stereocenters. The lowest BCUT2D eigenvalue weighted by Crippen LogP contribution is -2.24. The molecule has 23 heavy (non-hydrogen) atoms. The number of hydrogen-bond donors (Lipinski definition) is 2. The van der Waals surface area contributed by atoms with Crippen LogP contribution in [0.5, 0.6) is 0 Å². The zero-order valence-corrected chi connectivity index (χ0v) is 15.0. The molecular formula is C17H21ClN2O2S. The third kappa shape index (κ3) is 4.47. The van der Waals surface area contributed by atoms with Crippen LogP contribution in [-0.4, -0.2) is 8.42 Å². The van der Waals surface area contributed by atoms with Crippen LogP contribution in [-0.2, 0) is 22.0 Å². The number of anilines is 1. The number of nitrogens with two attached hydrogens (primary N) is 1. The lowest BCUT2D eigenvalue weighted by atomic mass is 9.87. The minimum atomic E-state index is -3.67. The molecule has 0 atom stereocenters. The van der Waals surface area contributed by atoms with E-state index in [0.717, 1.165) is 11.1 Å². The van der Waals surface area contributed by atoms with Gasteiger partial charge in [0, 0.05) is 17.3 Å². The van der Waals surface area contributed by atoms with Crippen LogP contribution in [0, 0.1) is 0 Å². The average Bonchev–Trinajstić information content (AvgIpc) is 2.45. The Morgan fingerprint density at radius 2 is 1.78 bits per heavy atom. The molecule has 2 aromatic carbocycles. The largest absolute Gasteiger partial charge is 0.399 e. The summed E-state index contributed by atoms with van der Waals surface area (Å²) in [6.45, 7) is 6.15. The number of rotatable bonds is 4. The quantitative estimate of drug-likeness (QED) is 0.824. The second-order valence-corrected chi connectivity index (χ2v) is 8.63. The molecule has 0 saturated heterocycles. The van der Waals surface area contributed by atoms with E-state index in [-0.39, 0.29) is 16.9 Å². The van der Waals surface area contributed by atoms with E-state index in [9.17, 15) is 8.42 Å². The summed E-state index contributed by atoms with van der Waals surface area (Å²) in [6, 6.07) is 12.0. The van der Waals surface area contributed by atoms with Crippen LogP contribution in [0.15, 0.2) is 47.4 Å². The molecule has 0 heterocycles. The number of hydrogen-bond acceptors (Lipinski definition) is 3. The fraction of sp³-hybridized carbons (Fsp3) is 0.294. The number of halogens is 1. The molecule has 0 bridgehead atoms. The van der Waals surface area contributed by atoms with Crippen LogP contribution < -0.4 is 10.5 Å². The Morgan fingerprint density at radius 1 is 1.13 bits per heavy atom. The topological polar surface area (TPSA) is 72.2 Å². The van der Waals surface area contributed by atoms with Gasteiger partial charge < -0.3 is 5.73 Å². The fourth-order valence-corrected chi connectivity index (χ4v) is 3.40. The zero-order valence-electron chi connectivity index (χ0n) is 13.4. The van der Waals surface area contributed by atoms with Crippen LogP contribution in [0.3, 0.4) is 0 Å². The first-order valence-electron chi connectivity index (χ1n) is 7.24. The molecule has 0 saturated carbocycles. The summed E-state index contributed by atoms with van der Waals surface area (Å²) in [6.07, 6.45) is 0. The molecule has 4 nitrogen and oxygen atoms in total. The smallest absolute Gasteiger partial charge is 0.240 e. The Balaban J connectivity index is 2.30. The number of nitrogen functional groups attached to an aromatic ring is 1. The van der Waals surface area contributed by atoms with E-state index in [4.69, 9.17) is 17.3 Å². The van der Waals surface area contributed by atoms with Gasteiger partial charge in [-0.15, -0.1) is 0 Å². The van der Waals surface area contributed by atoms with E-state index in [1.807, 2.05) is 26.8 Å². The fourth-order valence-electron chi connectivity index (χ4n) is 2.11. The van der Waals surface area contributed by atoms with E-state index in [2.05, 4.69) is 4.72 Å². The molecule has 0 radical (unpaired) electrons. The molecule has 0 aliphatic rings. The standard InChI is InChI=1S/C17H21ClN2O2S/c1-17(2,3)13-8-14(19)10-15(9-13)23(21,22)20-11-12-6-4-5-7-16(12)18/h4-10,20H,11,19H2,1-3H3. The normalized spacial score (nSPS) is 12.3. The van der Waals surface area contributed by atoms with Gasteiger partial charge in [-0.3, -0.25) is 0 Å². The number of benzene rings is 2. The molecule has 124 valence electrons. The third-order valence-electron chi connectivity index (χ3n) is 3.52. The average molecular weight is 353 g/mol. The van der Waals surface area contributed by atoms with Crippen molar-refractivity contribution in [2.45, 2.75) is 37.6 Å². The van der Waals surface area contributed by atoms with Crippen molar-refractivity contribution in [3.05, 3.63) is 58.6 Å². The van der Waals surface area contributed by atoms with Gasteiger partial charge in [-0.2, -0.15) is 0 Å². The summed E-state index contributed by atoms with van der Waals surface area (Å²) < 4.78 is 27.6. The second-order valence-electron chi connectivity index (χ2n) is 6.46. The third-order valence-corrected chi connectivity index (χ3v) is 5.27. The van der Waals surface area contributed by atoms with Crippen LogP contribution >= 0.6 is 11.6 Å². The van der Waals surface area contributed by atoms with Gasteiger partial charge in [0.1, 0.15) is 0 Å². The first-order valence-corrected chi connectivity index (χ1v) is 9.10. The van der Waals surface area contributed by atoms with Gasteiger partial charge in [0.15, 0.2) is 0 Å². The van der Waals surface area contributed by atoms with Gasteiger partial charge in [-0.1, -0.05) is 50.6 Å². The Labute approximate surface area is 142 Å². The van der Waals surface area contributed by atoms with Crippen molar-refractivity contribution < 1.29 is 8.42 Å². The molecule has 2 rings (SSSR count). The van der Waals surface area contributed by atoms with Gasteiger partial charge in [-0.25, -0.2) is 13.1 Å². The van der Waals surface area contributed by atoms with E-state index in [1.165, 1.54) is 6.07 Å². The van der Waals surface area contributed by atoms with Crippen molar-refractivity contribution in [1.29, 1.82) is 0 Å². The Morgan fingerprint density at radius 3 is 2.39 bits per heavy atom. The highest BCUT2D eigenvalue weighted by molar-refractivity contribution is 7.89. The molecule has 2 aromatic rings. The van der Waals surface area contributed by atoms with Crippen molar-refractivity contribution in [2.24, 2.45) is 0 Å². The summed E-state index contributed by atoms with van der Waals surface area (Å²) >= 11 is 6.05. The van der Waals surface area contributed by atoms with Crippen LogP contribution in [0.4, 0.5) is 5.69 Å². The van der Waals surface area contributed by atoms with Crippen LogP contribution in [0.25, 0.3) is 0 Å². The summed E-state index contributed by atoms with van der Waals surface area (Å²) in [5.74, 6) is 0. The summed E-state index contributed by atoms with van der Waals surface area (Å²) in [4.78, 5) is 0.162. The molecule has 0 amide bonds. The molecule has 0 fully saturated rings. The maximum absolute atomic E-state index is 12.5. The van der Waals surface area contributed by atoms with Crippen LogP contribution in [0.1, 0.15) is 31.9 Å². The maximum Gasteiger partial charge on any atom is 0.240 e. The minimum Gasteiger partial charge on any atom is -0.399 e. The Hall–Kier alpha value is -1.56. The van der Waals surface area contributed by atoms with Crippen molar-refractivity contribution in [2.75, 3.05) is 5.73 Å². The Kier molecular flexibility index (Phi) is 5.04.